The fourth-order valence-corrected chi connectivity index (χ4v) is 4.35. The number of thioether (sulfide) groups is 1. The fourth-order valence-electron chi connectivity index (χ4n) is 3.04. The smallest absolute Gasteiger partial charge is 0.329 e. The highest BCUT2D eigenvalue weighted by atomic mass is 35.5. The van der Waals surface area contributed by atoms with E-state index in [-0.39, 0.29) is 17.4 Å². The maximum atomic E-state index is 13.0. The Hall–Kier alpha value is -2.03. The van der Waals surface area contributed by atoms with Gasteiger partial charge in [-0.2, -0.15) is 0 Å². The van der Waals surface area contributed by atoms with E-state index in [0.29, 0.717) is 22.7 Å². The van der Waals surface area contributed by atoms with E-state index < -0.39 is 5.69 Å². The molecular formula is C18H22ClN5O2S. The molecule has 9 heteroatoms. The minimum atomic E-state index is -0.411. The van der Waals surface area contributed by atoms with E-state index >= 15 is 0 Å². The fraction of sp³-hybridized carbons (Fsp3) is 0.389. The van der Waals surface area contributed by atoms with Crippen LogP contribution < -0.4 is 17.0 Å². The van der Waals surface area contributed by atoms with Gasteiger partial charge in [0.05, 0.1) is 12.9 Å². The number of fused-ring (bicyclic) bond motifs is 1. The molecule has 1 unspecified atom stereocenters. The van der Waals surface area contributed by atoms with Crippen molar-refractivity contribution in [2.45, 2.75) is 30.5 Å². The van der Waals surface area contributed by atoms with Gasteiger partial charge in [-0.25, -0.2) is 9.78 Å². The van der Waals surface area contributed by atoms with E-state index in [1.807, 2.05) is 19.9 Å². The third-order valence-corrected chi connectivity index (χ3v) is 6.13. The maximum absolute atomic E-state index is 13.0. The summed E-state index contributed by atoms with van der Waals surface area (Å²) >= 11 is 7.88. The molecular weight excluding hydrogens is 386 g/mol. The third-order valence-electron chi connectivity index (χ3n) is 4.50. The monoisotopic (exact) mass is 407 g/mol. The van der Waals surface area contributed by atoms with E-state index in [2.05, 4.69) is 4.98 Å². The lowest BCUT2D eigenvalue weighted by molar-refractivity contribution is 0.649. The number of imidazole rings is 1. The highest BCUT2D eigenvalue weighted by Gasteiger charge is 2.18. The molecule has 1 aromatic carbocycles. The summed E-state index contributed by atoms with van der Waals surface area (Å²) in [5, 5.41) is 0.765. The Bertz CT molecular complexity index is 1130. The van der Waals surface area contributed by atoms with Gasteiger partial charge < -0.3 is 10.3 Å². The molecule has 3 rings (SSSR count). The van der Waals surface area contributed by atoms with Crippen molar-refractivity contribution >= 4 is 34.5 Å². The second-order valence-electron chi connectivity index (χ2n) is 6.64. The Balaban J connectivity index is 2.20. The number of rotatable bonds is 5. The Kier molecular flexibility index (Phi) is 5.50. The van der Waals surface area contributed by atoms with Gasteiger partial charge in [-0.05, 0) is 30.2 Å². The lowest BCUT2D eigenvalue weighted by atomic mass is 10.1. The minimum absolute atomic E-state index is 0.133. The molecule has 3 aromatic rings. The van der Waals surface area contributed by atoms with E-state index in [4.69, 9.17) is 17.3 Å². The molecule has 0 saturated carbocycles. The number of hydrogen-bond donors (Lipinski definition) is 1. The van der Waals surface area contributed by atoms with Crippen LogP contribution in [0.5, 0.6) is 0 Å². The number of hydrogen-bond acceptors (Lipinski definition) is 5. The third kappa shape index (κ3) is 3.56. The lowest BCUT2D eigenvalue weighted by Gasteiger charge is -2.17. The Morgan fingerprint density at radius 2 is 2.00 bits per heavy atom. The van der Waals surface area contributed by atoms with Crippen molar-refractivity contribution in [3.63, 3.8) is 0 Å². The number of halogens is 1. The molecule has 1 atom stereocenters. The molecule has 2 heterocycles. The van der Waals surface area contributed by atoms with E-state index in [1.54, 1.807) is 36.5 Å². The van der Waals surface area contributed by atoms with Gasteiger partial charge >= 0.3 is 5.69 Å². The number of aryl methyl sites for hydroxylation is 3. The Labute approximate surface area is 165 Å². The van der Waals surface area contributed by atoms with Crippen molar-refractivity contribution in [1.29, 1.82) is 0 Å². The van der Waals surface area contributed by atoms with Crippen LogP contribution in [-0.2, 0) is 20.6 Å². The molecule has 2 aromatic heterocycles. The Morgan fingerprint density at radius 1 is 1.30 bits per heavy atom. The lowest BCUT2D eigenvalue weighted by Crippen LogP contribution is -2.40. The summed E-state index contributed by atoms with van der Waals surface area (Å²) in [6.07, 6.45) is 1.53. The van der Waals surface area contributed by atoms with Gasteiger partial charge in [0.2, 0.25) is 0 Å². The number of nitrogens with two attached hydrogens (primary N) is 1. The van der Waals surface area contributed by atoms with Crippen LogP contribution in [-0.4, -0.2) is 30.5 Å². The molecule has 0 fully saturated rings. The van der Waals surface area contributed by atoms with Crippen LogP contribution in [0.2, 0.25) is 5.02 Å². The van der Waals surface area contributed by atoms with E-state index in [9.17, 15) is 9.59 Å². The molecule has 0 amide bonds. The first-order valence-corrected chi connectivity index (χ1v) is 9.77. The zero-order chi connectivity index (χ0) is 19.9. The average Bonchev–Trinajstić information content (AvgIpc) is 3.01. The standard InChI is InChI=1S/C18H22ClN5O2S/c1-10-5-13(19)6-12(15(10)27-11(2)7-20)8-24-17(25)14-16(21-9-22(14)3)23(4)18(24)26/h5-6,9,11H,7-8,20H2,1-4H3. The topological polar surface area (TPSA) is 87.8 Å². The average molecular weight is 408 g/mol. The predicted octanol–water partition coefficient (Wildman–Crippen LogP) is 1.88. The van der Waals surface area contributed by atoms with Gasteiger partial charge in [-0.3, -0.25) is 13.9 Å². The zero-order valence-corrected chi connectivity index (χ0v) is 17.3. The summed E-state index contributed by atoms with van der Waals surface area (Å²) in [6.45, 7) is 4.66. The number of nitrogens with zero attached hydrogens (tertiary/aromatic N) is 4. The first-order chi connectivity index (χ1) is 12.7. The van der Waals surface area contributed by atoms with Crippen LogP contribution >= 0.6 is 23.4 Å². The van der Waals surface area contributed by atoms with Crippen molar-refractivity contribution < 1.29 is 0 Å². The molecule has 0 saturated heterocycles. The van der Waals surface area contributed by atoms with Gasteiger partial charge in [0.1, 0.15) is 0 Å². The highest BCUT2D eigenvalue weighted by Crippen LogP contribution is 2.32. The van der Waals surface area contributed by atoms with Crippen molar-refractivity contribution in [1.82, 2.24) is 18.7 Å². The molecule has 0 bridgehead atoms. The minimum Gasteiger partial charge on any atom is -0.329 e. The van der Waals surface area contributed by atoms with E-state index in [1.165, 1.54) is 15.5 Å². The summed E-state index contributed by atoms with van der Waals surface area (Å²) in [7, 11) is 3.35. The van der Waals surface area contributed by atoms with Crippen molar-refractivity contribution in [3.05, 3.63) is 55.4 Å². The first-order valence-electron chi connectivity index (χ1n) is 8.51. The Morgan fingerprint density at radius 3 is 2.67 bits per heavy atom. The molecule has 0 aliphatic carbocycles. The molecule has 0 aliphatic rings. The molecule has 0 spiro atoms. The van der Waals surface area contributed by atoms with Gasteiger partial charge in [-0.15, -0.1) is 11.8 Å². The van der Waals surface area contributed by atoms with Crippen LogP contribution in [0.15, 0.2) is 32.9 Å². The van der Waals surface area contributed by atoms with Crippen LogP contribution in [0.4, 0.5) is 0 Å². The molecule has 0 aliphatic heterocycles. The quantitative estimate of drug-likeness (QED) is 0.652. The van der Waals surface area contributed by atoms with Crippen LogP contribution in [0.1, 0.15) is 18.1 Å². The SMILES string of the molecule is Cc1cc(Cl)cc(Cn2c(=O)c3c(ncn3C)n(C)c2=O)c1SC(C)CN. The van der Waals surface area contributed by atoms with Crippen LogP contribution in [0, 0.1) is 6.92 Å². The van der Waals surface area contributed by atoms with Crippen LogP contribution in [0.25, 0.3) is 11.2 Å². The van der Waals surface area contributed by atoms with Gasteiger partial charge in [0, 0.05) is 35.8 Å². The number of aromatic nitrogens is 4. The summed E-state index contributed by atoms with van der Waals surface area (Å²) in [4.78, 5) is 30.9. The molecule has 144 valence electrons. The van der Waals surface area contributed by atoms with E-state index in [0.717, 1.165) is 16.0 Å². The second-order valence-corrected chi connectivity index (χ2v) is 8.52. The largest absolute Gasteiger partial charge is 0.332 e. The van der Waals surface area contributed by atoms with Gasteiger partial charge in [-0.1, -0.05) is 18.5 Å². The van der Waals surface area contributed by atoms with Gasteiger partial charge in [0.15, 0.2) is 11.2 Å². The molecule has 0 radical (unpaired) electrons. The van der Waals surface area contributed by atoms with Crippen molar-refractivity contribution in [3.8, 4) is 0 Å². The zero-order valence-electron chi connectivity index (χ0n) is 15.7. The van der Waals surface area contributed by atoms with Crippen molar-refractivity contribution in [2.24, 2.45) is 19.8 Å². The van der Waals surface area contributed by atoms with Crippen LogP contribution in [0.3, 0.4) is 0 Å². The summed E-state index contributed by atoms with van der Waals surface area (Å²) in [5.74, 6) is 0. The second kappa shape index (κ2) is 7.53. The summed E-state index contributed by atoms with van der Waals surface area (Å²) in [5.41, 5.74) is 7.58. The molecule has 2 N–H and O–H groups in total. The molecule has 7 nitrogen and oxygen atoms in total. The summed E-state index contributed by atoms with van der Waals surface area (Å²) in [6, 6.07) is 3.68. The molecule has 27 heavy (non-hydrogen) atoms. The number of benzene rings is 1. The predicted molar refractivity (Wildman–Crippen MR) is 110 cm³/mol. The first kappa shape index (κ1) is 19.7. The normalized spacial score (nSPS) is 12.7. The summed E-state index contributed by atoms with van der Waals surface area (Å²) < 4.78 is 4.25. The maximum Gasteiger partial charge on any atom is 0.332 e. The van der Waals surface area contributed by atoms with Crippen molar-refractivity contribution in [2.75, 3.05) is 6.54 Å². The van der Waals surface area contributed by atoms with Gasteiger partial charge in [0.25, 0.3) is 5.56 Å². The highest BCUT2D eigenvalue weighted by molar-refractivity contribution is 8.00.